The lowest BCUT2D eigenvalue weighted by molar-refractivity contribution is -0.140. The molecule has 25 heavy (non-hydrogen) atoms. The molecule has 3 aromatic rings. The van der Waals surface area contributed by atoms with Crippen LogP contribution in [-0.2, 0) is 8.98 Å². The number of nitrogens with zero attached hydrogens (tertiary/aromatic N) is 1. The summed E-state index contributed by atoms with van der Waals surface area (Å²) in [4.78, 5) is 17.1. The minimum Gasteiger partial charge on any atom is -0.386 e. The molecule has 0 unspecified atom stereocenters. The topological polar surface area (TPSA) is 39.2 Å². The standard InChI is InChI=1S/C20H16FNO2S/c21-16-6-2-5-14(11-16)15-7-8-18-17(12-15)19(9-10-22-18)25-24-20(23)13-3-1-4-13/h2,5-13H,1,3-4H2. The van der Waals surface area contributed by atoms with Crippen molar-refractivity contribution < 1.29 is 13.4 Å². The van der Waals surface area contributed by atoms with Crippen molar-refractivity contribution in [3.05, 3.63) is 60.5 Å². The number of fused-ring (bicyclic) bond motifs is 1. The Hall–Kier alpha value is -2.40. The summed E-state index contributed by atoms with van der Waals surface area (Å²) in [6, 6.07) is 14.1. The van der Waals surface area contributed by atoms with Crippen molar-refractivity contribution in [3.8, 4) is 11.1 Å². The van der Waals surface area contributed by atoms with Crippen LogP contribution in [0.15, 0.2) is 59.6 Å². The fourth-order valence-corrected chi connectivity index (χ4v) is 3.52. The molecule has 0 amide bonds. The fraction of sp³-hybridized carbons (Fsp3) is 0.200. The highest BCUT2D eigenvalue weighted by atomic mass is 32.2. The maximum absolute atomic E-state index is 13.5. The third-order valence-corrected chi connectivity index (χ3v) is 5.29. The molecule has 1 heterocycles. The Morgan fingerprint density at radius 3 is 2.72 bits per heavy atom. The third kappa shape index (κ3) is 3.37. The van der Waals surface area contributed by atoms with E-state index >= 15 is 0 Å². The van der Waals surface area contributed by atoms with Gasteiger partial charge in [-0.3, -0.25) is 9.78 Å². The quantitative estimate of drug-likeness (QED) is 0.590. The Balaban J connectivity index is 1.64. The van der Waals surface area contributed by atoms with Crippen LogP contribution in [0.2, 0.25) is 0 Å². The monoisotopic (exact) mass is 353 g/mol. The number of rotatable bonds is 4. The van der Waals surface area contributed by atoms with E-state index in [4.69, 9.17) is 4.18 Å². The minimum absolute atomic E-state index is 0.0449. The molecule has 1 fully saturated rings. The van der Waals surface area contributed by atoms with Gasteiger partial charge < -0.3 is 4.18 Å². The van der Waals surface area contributed by atoms with E-state index < -0.39 is 0 Å². The van der Waals surface area contributed by atoms with Crippen LogP contribution in [0.25, 0.3) is 22.0 Å². The summed E-state index contributed by atoms with van der Waals surface area (Å²) in [5, 5.41) is 0.885. The summed E-state index contributed by atoms with van der Waals surface area (Å²) in [6.07, 6.45) is 4.63. The first kappa shape index (κ1) is 16.1. The zero-order valence-corrected chi connectivity index (χ0v) is 14.3. The number of hydrogen-bond acceptors (Lipinski definition) is 4. The summed E-state index contributed by atoms with van der Waals surface area (Å²) < 4.78 is 18.9. The molecule has 0 bridgehead atoms. The Morgan fingerprint density at radius 2 is 1.96 bits per heavy atom. The average Bonchev–Trinajstić information content (AvgIpc) is 2.58. The van der Waals surface area contributed by atoms with Crippen molar-refractivity contribution in [1.82, 2.24) is 4.98 Å². The first-order valence-electron chi connectivity index (χ1n) is 8.24. The number of carbonyl (C=O) groups is 1. The molecule has 0 radical (unpaired) electrons. The van der Waals surface area contributed by atoms with Crippen molar-refractivity contribution in [2.45, 2.75) is 24.2 Å². The van der Waals surface area contributed by atoms with Crippen LogP contribution in [-0.4, -0.2) is 11.0 Å². The van der Waals surface area contributed by atoms with E-state index in [-0.39, 0.29) is 17.7 Å². The van der Waals surface area contributed by atoms with Crippen LogP contribution < -0.4 is 0 Å². The Kier molecular flexibility index (Phi) is 4.40. The lowest BCUT2D eigenvalue weighted by atomic mass is 9.86. The van der Waals surface area contributed by atoms with Crippen molar-refractivity contribution in [3.63, 3.8) is 0 Å². The largest absolute Gasteiger partial charge is 0.386 e. The van der Waals surface area contributed by atoms with E-state index in [2.05, 4.69) is 4.98 Å². The summed E-state index contributed by atoms with van der Waals surface area (Å²) in [5.74, 6) is -0.376. The highest BCUT2D eigenvalue weighted by Crippen LogP contribution is 2.34. The van der Waals surface area contributed by atoms with Crippen LogP contribution in [0.1, 0.15) is 19.3 Å². The molecule has 1 aliphatic rings. The van der Waals surface area contributed by atoms with Gasteiger partial charge in [-0.1, -0.05) is 24.6 Å². The molecule has 0 atom stereocenters. The molecule has 1 aromatic heterocycles. The first-order valence-corrected chi connectivity index (χ1v) is 8.98. The first-order chi connectivity index (χ1) is 12.2. The number of hydrogen-bond donors (Lipinski definition) is 0. The van der Waals surface area contributed by atoms with Gasteiger partial charge in [-0.05, 0) is 54.3 Å². The van der Waals surface area contributed by atoms with Gasteiger partial charge in [0.1, 0.15) is 5.82 Å². The normalized spacial score (nSPS) is 14.3. The fourth-order valence-electron chi connectivity index (χ4n) is 2.84. The van der Waals surface area contributed by atoms with Crippen LogP contribution in [0.3, 0.4) is 0 Å². The SMILES string of the molecule is O=C(OSc1ccnc2ccc(-c3cccc(F)c3)cc12)C1CCC1. The predicted octanol–water partition coefficient (Wildman–Crippen LogP) is 5.39. The van der Waals surface area contributed by atoms with Gasteiger partial charge in [-0.15, -0.1) is 0 Å². The number of halogens is 1. The minimum atomic E-state index is -0.271. The second kappa shape index (κ2) is 6.84. The Morgan fingerprint density at radius 1 is 1.12 bits per heavy atom. The molecule has 4 rings (SSSR count). The highest BCUT2D eigenvalue weighted by Gasteiger charge is 2.27. The number of carbonyl (C=O) groups excluding carboxylic acids is 1. The van der Waals surface area contributed by atoms with Gasteiger partial charge in [0.15, 0.2) is 0 Å². The second-order valence-electron chi connectivity index (χ2n) is 6.16. The second-order valence-corrected chi connectivity index (χ2v) is 6.94. The van der Waals surface area contributed by atoms with Crippen LogP contribution in [0.4, 0.5) is 4.39 Å². The van der Waals surface area contributed by atoms with Crippen molar-refractivity contribution >= 4 is 28.9 Å². The molecule has 5 heteroatoms. The van der Waals surface area contributed by atoms with Gasteiger partial charge in [-0.2, -0.15) is 0 Å². The Labute approximate surface area is 149 Å². The molecule has 1 saturated carbocycles. The van der Waals surface area contributed by atoms with E-state index in [0.29, 0.717) is 0 Å². The van der Waals surface area contributed by atoms with Crippen molar-refractivity contribution in [1.29, 1.82) is 0 Å². The summed E-state index contributed by atoms with van der Waals surface area (Å²) in [7, 11) is 0. The smallest absolute Gasteiger partial charge is 0.321 e. The lowest BCUT2D eigenvalue weighted by Crippen LogP contribution is -2.22. The molecule has 1 aliphatic carbocycles. The molecular formula is C20H16FNO2S. The van der Waals surface area contributed by atoms with Crippen LogP contribution >= 0.6 is 12.0 Å². The predicted molar refractivity (Wildman–Crippen MR) is 96.4 cm³/mol. The molecule has 0 spiro atoms. The van der Waals surface area contributed by atoms with Gasteiger partial charge in [0.25, 0.3) is 0 Å². The van der Waals surface area contributed by atoms with Gasteiger partial charge >= 0.3 is 5.97 Å². The zero-order valence-electron chi connectivity index (χ0n) is 13.4. The summed E-state index contributed by atoms with van der Waals surface area (Å²) in [5.41, 5.74) is 2.50. The van der Waals surface area contributed by atoms with E-state index in [0.717, 1.165) is 58.2 Å². The van der Waals surface area contributed by atoms with Gasteiger partial charge in [0.05, 0.1) is 28.4 Å². The maximum Gasteiger partial charge on any atom is 0.321 e. The van der Waals surface area contributed by atoms with Crippen LogP contribution in [0.5, 0.6) is 0 Å². The van der Waals surface area contributed by atoms with Crippen LogP contribution in [0, 0.1) is 11.7 Å². The summed E-state index contributed by atoms with van der Waals surface area (Å²) >= 11 is 1.08. The van der Waals surface area contributed by atoms with Crippen molar-refractivity contribution in [2.75, 3.05) is 0 Å². The zero-order chi connectivity index (χ0) is 17.2. The molecule has 2 aromatic carbocycles. The van der Waals surface area contributed by atoms with Gasteiger partial charge in [-0.25, -0.2) is 4.39 Å². The average molecular weight is 353 g/mol. The molecule has 0 aliphatic heterocycles. The lowest BCUT2D eigenvalue weighted by Gasteiger charge is -2.22. The third-order valence-electron chi connectivity index (χ3n) is 4.51. The molecule has 0 N–H and O–H groups in total. The van der Waals surface area contributed by atoms with Crippen molar-refractivity contribution in [2.24, 2.45) is 5.92 Å². The van der Waals surface area contributed by atoms with Gasteiger partial charge in [0, 0.05) is 11.6 Å². The van der Waals surface area contributed by atoms with E-state index in [1.807, 2.05) is 30.3 Å². The number of aromatic nitrogens is 1. The molecular weight excluding hydrogens is 337 g/mol. The van der Waals surface area contributed by atoms with E-state index in [1.54, 1.807) is 12.3 Å². The number of benzene rings is 2. The highest BCUT2D eigenvalue weighted by molar-refractivity contribution is 7.95. The molecule has 3 nitrogen and oxygen atoms in total. The summed E-state index contributed by atoms with van der Waals surface area (Å²) in [6.45, 7) is 0. The maximum atomic E-state index is 13.5. The molecule has 126 valence electrons. The molecule has 0 saturated heterocycles. The van der Waals surface area contributed by atoms with E-state index in [9.17, 15) is 9.18 Å². The van der Waals surface area contributed by atoms with E-state index in [1.165, 1.54) is 12.1 Å². The van der Waals surface area contributed by atoms with Gasteiger partial charge in [0.2, 0.25) is 0 Å². The Bertz CT molecular complexity index is 940. The number of pyridine rings is 1.